The van der Waals surface area contributed by atoms with Crippen molar-refractivity contribution in [3.8, 4) is 0 Å². The summed E-state index contributed by atoms with van der Waals surface area (Å²) >= 11 is 0. The van der Waals surface area contributed by atoms with Crippen LogP contribution in [0.15, 0.2) is 0 Å². The summed E-state index contributed by atoms with van der Waals surface area (Å²) < 4.78 is 14.5. The molecule has 12 heavy (non-hydrogen) atoms. The van der Waals surface area contributed by atoms with Crippen molar-refractivity contribution in [2.75, 3.05) is 6.61 Å². The highest BCUT2D eigenvalue weighted by atomic mass is 31.1. The normalized spacial score (nSPS) is 9.75. The molecule has 72 valence electrons. The second kappa shape index (κ2) is 14.1. The molecule has 0 N–H and O–H groups in total. The largest absolute Gasteiger partial charge is 0.327 e. The van der Waals surface area contributed by atoms with Gasteiger partial charge in [0.2, 0.25) is 0 Å². The van der Waals surface area contributed by atoms with Gasteiger partial charge in [0.1, 0.15) is 0 Å². The lowest BCUT2D eigenvalue weighted by Crippen LogP contribution is -1.84. The Morgan fingerprint density at radius 1 is 1.08 bits per heavy atom. The summed E-state index contributed by atoms with van der Waals surface area (Å²) in [5, 5.41) is 0. The van der Waals surface area contributed by atoms with Gasteiger partial charge in [0.15, 0.2) is 17.4 Å². The van der Waals surface area contributed by atoms with Gasteiger partial charge in [-0.2, -0.15) is 0 Å². The molecule has 0 saturated heterocycles. The average Bonchev–Trinajstić information content (AvgIpc) is 2.03. The van der Waals surface area contributed by atoms with E-state index < -0.39 is 0 Å². The molecule has 0 radical (unpaired) electrons. The molecule has 2 nitrogen and oxygen atoms in total. The maximum atomic E-state index is 9.82. The van der Waals surface area contributed by atoms with E-state index in [9.17, 15) is 4.57 Å². The minimum Gasteiger partial charge on any atom is -0.294 e. The lowest BCUT2D eigenvalue weighted by molar-refractivity contribution is 0.328. The lowest BCUT2D eigenvalue weighted by Gasteiger charge is -1.97. The Hall–Kier alpha value is 0.592. The first-order chi connectivity index (χ1) is 5.41. The molecule has 0 aliphatic heterocycles. The van der Waals surface area contributed by atoms with E-state index >= 15 is 0 Å². The molecule has 0 spiro atoms. The smallest absolute Gasteiger partial charge is 0.294 e. The van der Waals surface area contributed by atoms with Crippen molar-refractivity contribution in [2.45, 2.75) is 45.4 Å². The van der Waals surface area contributed by atoms with Crippen molar-refractivity contribution in [3.05, 3.63) is 0 Å². The molecule has 0 aromatic heterocycles. The summed E-state index contributed by atoms with van der Waals surface area (Å²) in [5.74, 6) is 0. The lowest BCUT2D eigenvalue weighted by atomic mass is 10.1. The highest BCUT2D eigenvalue weighted by molar-refractivity contribution is 7.17. The van der Waals surface area contributed by atoms with Crippen LogP contribution in [0.2, 0.25) is 0 Å². The average molecular weight is 206 g/mol. The molecule has 0 fully saturated rings. The van der Waals surface area contributed by atoms with Crippen molar-refractivity contribution in [2.24, 2.45) is 0 Å². The van der Waals surface area contributed by atoms with E-state index in [-0.39, 0.29) is 26.0 Å². The Bertz CT molecular complexity index is 91.1. The maximum Gasteiger partial charge on any atom is 0.327 e. The molecule has 0 aliphatic carbocycles. The van der Waals surface area contributed by atoms with Gasteiger partial charge >= 0.3 is 8.69 Å². The molecule has 0 heterocycles. The third-order valence-corrected chi connectivity index (χ3v) is 1.93. The minimum atomic E-state index is -0.180. The summed E-state index contributed by atoms with van der Waals surface area (Å²) in [7, 11) is -0.180. The Labute approximate surface area is 87.5 Å². The Morgan fingerprint density at radius 3 is 2.25 bits per heavy atom. The van der Waals surface area contributed by atoms with E-state index in [4.69, 9.17) is 0 Å². The van der Waals surface area contributed by atoms with E-state index in [1.54, 1.807) is 0 Å². The van der Waals surface area contributed by atoms with Crippen LogP contribution >= 0.6 is 8.69 Å². The fourth-order valence-corrected chi connectivity index (χ4v) is 1.19. The van der Waals surface area contributed by atoms with Gasteiger partial charge in [-0.1, -0.05) is 39.0 Å². The second-order valence-corrected chi connectivity index (χ2v) is 3.08. The zero-order valence-electron chi connectivity index (χ0n) is 7.21. The SMILES string of the molecule is CCCCCCCCOP=O.[AlH3]. The van der Waals surface area contributed by atoms with Gasteiger partial charge in [-0.25, -0.2) is 4.57 Å². The van der Waals surface area contributed by atoms with Gasteiger partial charge in [0, 0.05) is 0 Å². The molecule has 0 bridgehead atoms. The van der Waals surface area contributed by atoms with Crippen LogP contribution in [0.4, 0.5) is 0 Å². The van der Waals surface area contributed by atoms with Crippen LogP contribution in [-0.2, 0) is 9.09 Å². The van der Waals surface area contributed by atoms with Crippen molar-refractivity contribution >= 4 is 26.0 Å². The summed E-state index contributed by atoms with van der Waals surface area (Å²) in [4.78, 5) is 0. The summed E-state index contributed by atoms with van der Waals surface area (Å²) in [5.41, 5.74) is 0. The molecule has 0 amide bonds. The number of unbranched alkanes of at least 4 members (excludes halogenated alkanes) is 5. The Kier molecular flexibility index (Phi) is 17.8. The number of rotatable bonds is 8. The molecule has 0 saturated carbocycles. The standard InChI is InChI=1S/C8H17O2P.Al.3H/c1-2-3-4-5-6-7-8-10-11-9;;;;/h2-8H2,1H3;;;;. The molecule has 4 heteroatoms. The van der Waals surface area contributed by atoms with Gasteiger partial charge in [-0.05, 0) is 6.42 Å². The van der Waals surface area contributed by atoms with E-state index in [1.807, 2.05) is 0 Å². The van der Waals surface area contributed by atoms with Crippen molar-refractivity contribution in [1.82, 2.24) is 0 Å². The van der Waals surface area contributed by atoms with E-state index in [2.05, 4.69) is 11.4 Å². The van der Waals surface area contributed by atoms with E-state index in [1.165, 1.54) is 32.1 Å². The van der Waals surface area contributed by atoms with Crippen molar-refractivity contribution in [3.63, 3.8) is 0 Å². The quantitative estimate of drug-likeness (QED) is 0.346. The first-order valence-electron chi connectivity index (χ1n) is 4.36. The Balaban J connectivity index is 0. The van der Waals surface area contributed by atoms with Crippen LogP contribution in [0.3, 0.4) is 0 Å². The summed E-state index contributed by atoms with van der Waals surface area (Å²) in [6.07, 6.45) is 7.48. The molecule has 0 rings (SSSR count). The fourth-order valence-electron chi connectivity index (χ4n) is 0.984. The number of hydrogen-bond donors (Lipinski definition) is 0. The second-order valence-electron chi connectivity index (χ2n) is 2.68. The first kappa shape index (κ1) is 15.1. The first-order valence-corrected chi connectivity index (χ1v) is 5.09. The van der Waals surface area contributed by atoms with Crippen LogP contribution in [0.25, 0.3) is 0 Å². The van der Waals surface area contributed by atoms with Crippen LogP contribution in [0.5, 0.6) is 0 Å². The zero-order valence-corrected chi connectivity index (χ0v) is 8.11. The van der Waals surface area contributed by atoms with Crippen LogP contribution < -0.4 is 0 Å². The summed E-state index contributed by atoms with van der Waals surface area (Å²) in [6.45, 7) is 2.84. The van der Waals surface area contributed by atoms with E-state index in [0.29, 0.717) is 6.61 Å². The highest BCUT2D eigenvalue weighted by Crippen LogP contribution is 2.06. The Morgan fingerprint density at radius 2 is 1.67 bits per heavy atom. The molecule has 0 aliphatic rings. The predicted octanol–water partition coefficient (Wildman–Crippen LogP) is 2.39. The molecule has 0 aromatic rings. The zero-order chi connectivity index (χ0) is 8.36. The molecule has 0 unspecified atom stereocenters. The third-order valence-electron chi connectivity index (χ3n) is 1.64. The predicted molar refractivity (Wildman–Crippen MR) is 56.9 cm³/mol. The number of hydrogen-bond acceptors (Lipinski definition) is 2. The minimum absolute atomic E-state index is 0. The van der Waals surface area contributed by atoms with Crippen LogP contribution in [-0.4, -0.2) is 24.0 Å². The monoisotopic (exact) mass is 206 g/mol. The van der Waals surface area contributed by atoms with Gasteiger partial charge in [-0.3, -0.25) is 4.52 Å². The van der Waals surface area contributed by atoms with Crippen LogP contribution in [0.1, 0.15) is 45.4 Å². The molecular formula is C8H20AlO2P. The topological polar surface area (TPSA) is 26.3 Å². The summed E-state index contributed by atoms with van der Waals surface area (Å²) in [6, 6.07) is 0. The van der Waals surface area contributed by atoms with Crippen molar-refractivity contribution in [1.29, 1.82) is 0 Å². The molecule has 0 atom stereocenters. The van der Waals surface area contributed by atoms with Gasteiger partial charge < -0.3 is 0 Å². The highest BCUT2D eigenvalue weighted by Gasteiger charge is 1.89. The van der Waals surface area contributed by atoms with E-state index in [0.717, 1.165) is 6.42 Å². The third kappa shape index (κ3) is 13.2. The van der Waals surface area contributed by atoms with Crippen molar-refractivity contribution < 1.29 is 9.09 Å². The molecular weight excluding hydrogens is 186 g/mol. The van der Waals surface area contributed by atoms with Gasteiger partial charge in [0.05, 0.1) is 6.61 Å². The fraction of sp³-hybridized carbons (Fsp3) is 1.00. The van der Waals surface area contributed by atoms with Crippen LogP contribution in [0, 0.1) is 0 Å². The van der Waals surface area contributed by atoms with Gasteiger partial charge in [-0.15, -0.1) is 0 Å². The van der Waals surface area contributed by atoms with Gasteiger partial charge in [0.25, 0.3) is 0 Å². The maximum absolute atomic E-state index is 9.82. The molecule has 0 aromatic carbocycles.